The summed E-state index contributed by atoms with van der Waals surface area (Å²) in [5.74, 6) is 0.192. The molecule has 0 heterocycles. The molecule has 0 aliphatic carbocycles. The van der Waals surface area contributed by atoms with Crippen LogP contribution in [0, 0.1) is 0 Å². The third-order valence-corrected chi connectivity index (χ3v) is 3.56. The Balaban J connectivity index is 1.99. The van der Waals surface area contributed by atoms with Crippen molar-refractivity contribution >= 4 is 6.09 Å². The van der Waals surface area contributed by atoms with Crippen molar-refractivity contribution in [1.82, 2.24) is 9.80 Å². The van der Waals surface area contributed by atoms with Crippen LogP contribution < -0.4 is 0 Å². The monoisotopic (exact) mass is 328 g/mol. The Bertz CT molecular complexity index is 644. The topological polar surface area (TPSA) is 53.0 Å². The van der Waals surface area contributed by atoms with E-state index in [1.807, 2.05) is 55.4 Å². The molecule has 24 heavy (non-hydrogen) atoms. The maximum atomic E-state index is 12.4. The van der Waals surface area contributed by atoms with E-state index in [0.717, 1.165) is 17.7 Å². The average molecular weight is 328 g/mol. The van der Waals surface area contributed by atoms with Crippen LogP contribution in [0.3, 0.4) is 0 Å². The maximum absolute atomic E-state index is 12.4. The molecule has 128 valence electrons. The third-order valence-electron chi connectivity index (χ3n) is 3.56. The van der Waals surface area contributed by atoms with Crippen LogP contribution in [0.1, 0.15) is 11.1 Å². The molecule has 5 heteroatoms. The second-order valence-corrected chi connectivity index (χ2v) is 5.93. The summed E-state index contributed by atoms with van der Waals surface area (Å²) in [7, 11) is 3.92. The Morgan fingerprint density at radius 3 is 2.38 bits per heavy atom. The number of hydrogen-bond donors (Lipinski definition) is 1. The van der Waals surface area contributed by atoms with E-state index in [4.69, 9.17) is 4.74 Å². The van der Waals surface area contributed by atoms with E-state index in [1.165, 1.54) is 0 Å². The molecule has 0 radical (unpaired) electrons. The summed E-state index contributed by atoms with van der Waals surface area (Å²) >= 11 is 0. The lowest BCUT2D eigenvalue weighted by molar-refractivity contribution is 0.0910. The summed E-state index contributed by atoms with van der Waals surface area (Å²) in [5.41, 5.74) is 1.82. The van der Waals surface area contributed by atoms with E-state index in [1.54, 1.807) is 23.1 Å². The van der Waals surface area contributed by atoms with Gasteiger partial charge in [0.25, 0.3) is 0 Å². The molecule has 0 bridgehead atoms. The molecule has 1 N–H and O–H groups in total. The highest BCUT2D eigenvalue weighted by Crippen LogP contribution is 2.14. The number of carbonyl (C=O) groups is 1. The minimum Gasteiger partial charge on any atom is -0.508 e. The molecule has 2 aromatic carbocycles. The van der Waals surface area contributed by atoms with Gasteiger partial charge in [0.1, 0.15) is 12.4 Å². The van der Waals surface area contributed by atoms with Crippen LogP contribution in [-0.2, 0) is 17.9 Å². The van der Waals surface area contributed by atoms with E-state index in [0.29, 0.717) is 13.1 Å². The minimum atomic E-state index is -0.357. The van der Waals surface area contributed by atoms with Crippen LogP contribution in [0.4, 0.5) is 4.79 Å². The molecule has 2 rings (SSSR count). The summed E-state index contributed by atoms with van der Waals surface area (Å²) in [4.78, 5) is 16.1. The van der Waals surface area contributed by atoms with Crippen molar-refractivity contribution in [3.05, 3.63) is 65.7 Å². The number of phenolic OH excluding ortho intramolecular Hbond substituents is 1. The lowest BCUT2D eigenvalue weighted by Crippen LogP contribution is -2.36. The molecule has 0 spiro atoms. The van der Waals surface area contributed by atoms with Crippen molar-refractivity contribution in [1.29, 1.82) is 0 Å². The Kier molecular flexibility index (Phi) is 6.63. The number of phenols is 1. The van der Waals surface area contributed by atoms with Gasteiger partial charge in [-0.1, -0.05) is 42.5 Å². The quantitative estimate of drug-likeness (QED) is 0.848. The molecule has 0 aromatic heterocycles. The lowest BCUT2D eigenvalue weighted by Gasteiger charge is -2.24. The first-order valence-electron chi connectivity index (χ1n) is 7.93. The van der Waals surface area contributed by atoms with Crippen molar-refractivity contribution < 1.29 is 14.6 Å². The summed E-state index contributed by atoms with van der Waals surface area (Å²) in [6.07, 6.45) is -0.357. The van der Waals surface area contributed by atoms with Crippen molar-refractivity contribution in [2.75, 3.05) is 27.2 Å². The molecule has 1 amide bonds. The van der Waals surface area contributed by atoms with Crippen LogP contribution in [0.25, 0.3) is 0 Å². The zero-order valence-corrected chi connectivity index (χ0v) is 14.2. The molecule has 0 aliphatic rings. The van der Waals surface area contributed by atoms with E-state index in [2.05, 4.69) is 0 Å². The number of hydrogen-bond acceptors (Lipinski definition) is 4. The van der Waals surface area contributed by atoms with Gasteiger partial charge < -0.3 is 19.6 Å². The molecular weight excluding hydrogens is 304 g/mol. The first kappa shape index (κ1) is 17.8. The number of aromatic hydroxyl groups is 1. The zero-order valence-electron chi connectivity index (χ0n) is 14.2. The third kappa shape index (κ3) is 5.93. The Morgan fingerprint density at radius 2 is 1.71 bits per heavy atom. The van der Waals surface area contributed by atoms with Gasteiger partial charge in [0, 0.05) is 19.6 Å². The van der Waals surface area contributed by atoms with Crippen LogP contribution in [0.15, 0.2) is 54.6 Å². The number of rotatable bonds is 7. The fourth-order valence-electron chi connectivity index (χ4n) is 2.24. The second-order valence-electron chi connectivity index (χ2n) is 5.93. The summed E-state index contributed by atoms with van der Waals surface area (Å²) < 4.78 is 5.43. The number of nitrogens with zero attached hydrogens (tertiary/aromatic N) is 2. The molecule has 0 unspecified atom stereocenters. The van der Waals surface area contributed by atoms with E-state index >= 15 is 0 Å². The average Bonchev–Trinajstić information content (AvgIpc) is 2.57. The van der Waals surface area contributed by atoms with Gasteiger partial charge in [0.15, 0.2) is 0 Å². The first-order chi connectivity index (χ1) is 11.5. The van der Waals surface area contributed by atoms with Gasteiger partial charge in [-0.2, -0.15) is 0 Å². The highest BCUT2D eigenvalue weighted by molar-refractivity contribution is 5.67. The van der Waals surface area contributed by atoms with Gasteiger partial charge in [-0.15, -0.1) is 0 Å². The second kappa shape index (κ2) is 8.93. The molecule has 0 aliphatic heterocycles. The molecule has 0 atom stereocenters. The first-order valence-corrected chi connectivity index (χ1v) is 7.93. The Labute approximate surface area is 143 Å². The summed E-state index contributed by atoms with van der Waals surface area (Å²) in [6.45, 7) is 1.93. The molecule has 0 saturated carbocycles. The van der Waals surface area contributed by atoms with Gasteiger partial charge >= 0.3 is 6.09 Å². The van der Waals surface area contributed by atoms with Gasteiger partial charge in [0.2, 0.25) is 0 Å². The minimum absolute atomic E-state index is 0.192. The maximum Gasteiger partial charge on any atom is 0.410 e. The fourth-order valence-corrected chi connectivity index (χ4v) is 2.24. The highest BCUT2D eigenvalue weighted by Gasteiger charge is 2.16. The number of benzene rings is 2. The largest absolute Gasteiger partial charge is 0.508 e. The zero-order chi connectivity index (χ0) is 17.4. The number of likely N-dealkylation sites (N-methyl/N-ethyl adjacent to an activating group) is 1. The van der Waals surface area contributed by atoms with E-state index < -0.39 is 0 Å². The van der Waals surface area contributed by atoms with Crippen LogP contribution in [-0.4, -0.2) is 48.2 Å². The summed E-state index contributed by atoms with van der Waals surface area (Å²) in [5, 5.41) is 9.59. The lowest BCUT2D eigenvalue weighted by atomic mass is 10.2. The normalized spacial score (nSPS) is 10.6. The smallest absolute Gasteiger partial charge is 0.410 e. The van der Waals surface area contributed by atoms with E-state index in [9.17, 15) is 9.90 Å². The standard InChI is InChI=1S/C19H24N2O3/c1-20(2)11-12-21(14-17-9-6-10-18(22)13-17)19(23)24-15-16-7-4-3-5-8-16/h3-10,13,22H,11-12,14-15H2,1-2H3. The number of amides is 1. The van der Waals surface area contributed by atoms with Crippen LogP contribution in [0.5, 0.6) is 5.75 Å². The van der Waals surface area contributed by atoms with Gasteiger partial charge in [0.05, 0.1) is 0 Å². The Hall–Kier alpha value is -2.53. The molecule has 2 aromatic rings. The predicted octanol–water partition coefficient (Wildman–Crippen LogP) is 3.09. The van der Waals surface area contributed by atoms with Gasteiger partial charge in [-0.3, -0.25) is 0 Å². The van der Waals surface area contributed by atoms with E-state index in [-0.39, 0.29) is 18.4 Å². The van der Waals surface area contributed by atoms with Crippen molar-refractivity contribution in [3.63, 3.8) is 0 Å². The SMILES string of the molecule is CN(C)CCN(Cc1cccc(O)c1)C(=O)OCc1ccccc1. The summed E-state index contributed by atoms with van der Waals surface area (Å²) in [6, 6.07) is 16.5. The molecular formula is C19H24N2O3. The Morgan fingerprint density at radius 1 is 1.00 bits per heavy atom. The number of carbonyl (C=O) groups excluding carboxylic acids is 1. The fraction of sp³-hybridized carbons (Fsp3) is 0.316. The van der Waals surface area contributed by atoms with Crippen molar-refractivity contribution in [3.8, 4) is 5.75 Å². The predicted molar refractivity (Wildman–Crippen MR) is 93.7 cm³/mol. The van der Waals surface area contributed by atoms with Gasteiger partial charge in [-0.25, -0.2) is 4.79 Å². The molecule has 5 nitrogen and oxygen atoms in total. The van der Waals surface area contributed by atoms with Gasteiger partial charge in [-0.05, 0) is 37.4 Å². The molecule has 0 saturated heterocycles. The van der Waals surface area contributed by atoms with Crippen LogP contribution in [0.2, 0.25) is 0 Å². The van der Waals surface area contributed by atoms with Crippen molar-refractivity contribution in [2.24, 2.45) is 0 Å². The van der Waals surface area contributed by atoms with Crippen LogP contribution >= 0.6 is 0 Å². The van der Waals surface area contributed by atoms with Crippen molar-refractivity contribution in [2.45, 2.75) is 13.2 Å². The number of ether oxygens (including phenoxy) is 1. The molecule has 0 fully saturated rings. The highest BCUT2D eigenvalue weighted by atomic mass is 16.6.